The van der Waals surface area contributed by atoms with Gasteiger partial charge in [0.2, 0.25) is 0 Å². The van der Waals surface area contributed by atoms with E-state index >= 15 is 0 Å². The molecule has 0 bridgehead atoms. The summed E-state index contributed by atoms with van der Waals surface area (Å²) in [7, 11) is 0. The summed E-state index contributed by atoms with van der Waals surface area (Å²) >= 11 is 0. The minimum Gasteiger partial charge on any atom is -0.480 e. The van der Waals surface area contributed by atoms with E-state index in [1.54, 1.807) is 0 Å². The quantitative estimate of drug-likeness (QED) is 0.296. The lowest BCUT2D eigenvalue weighted by Gasteiger charge is -2.45. The Labute approximate surface area is 224 Å². The smallest absolute Gasteiger partial charge is 0.318 e. The van der Waals surface area contributed by atoms with E-state index in [9.17, 15) is 9.90 Å². The van der Waals surface area contributed by atoms with Crippen LogP contribution in [0, 0.1) is 0 Å². The Morgan fingerprint density at radius 3 is 2.11 bits per heavy atom. The van der Waals surface area contributed by atoms with Gasteiger partial charge in [0.15, 0.2) is 0 Å². The molecule has 4 aromatic rings. The van der Waals surface area contributed by atoms with Gasteiger partial charge < -0.3 is 10.0 Å². The highest BCUT2D eigenvalue weighted by atomic mass is 16.4. The monoisotopic (exact) mass is 505 g/mol. The maximum Gasteiger partial charge on any atom is 0.318 e. The number of hydrogen-bond donors (Lipinski definition) is 1. The van der Waals surface area contributed by atoms with Crippen molar-refractivity contribution < 1.29 is 9.90 Å². The van der Waals surface area contributed by atoms with E-state index in [0.717, 1.165) is 66.1 Å². The van der Waals surface area contributed by atoms with Crippen LogP contribution in [0.5, 0.6) is 0 Å². The van der Waals surface area contributed by atoms with E-state index in [4.69, 9.17) is 4.98 Å². The number of anilines is 1. The molecular weight excluding hydrogens is 470 g/mol. The van der Waals surface area contributed by atoms with Gasteiger partial charge >= 0.3 is 5.97 Å². The highest BCUT2D eigenvalue weighted by Crippen LogP contribution is 2.51. The molecule has 2 heterocycles. The minimum atomic E-state index is -0.967. The Hall–Kier alpha value is -3.70. The number of benzene rings is 3. The van der Waals surface area contributed by atoms with Crippen LogP contribution in [0.1, 0.15) is 44.2 Å². The number of rotatable bonds is 7. The average molecular weight is 506 g/mol. The second-order valence-electron chi connectivity index (χ2n) is 11.0. The van der Waals surface area contributed by atoms with Gasteiger partial charge in [-0.05, 0) is 73.7 Å². The van der Waals surface area contributed by atoms with E-state index in [2.05, 4.69) is 66.1 Å². The molecule has 1 aliphatic heterocycles. The predicted octanol–water partition coefficient (Wildman–Crippen LogP) is 6.36. The maximum atomic E-state index is 12.9. The zero-order valence-electron chi connectivity index (χ0n) is 22.2. The van der Waals surface area contributed by atoms with Gasteiger partial charge in [0.1, 0.15) is 11.2 Å². The summed E-state index contributed by atoms with van der Waals surface area (Å²) in [6, 6.07) is 29.4. The average Bonchev–Trinajstić information content (AvgIpc) is 3.23. The Bertz CT molecular complexity index is 1420. The van der Waals surface area contributed by atoms with E-state index in [-0.39, 0.29) is 0 Å². The van der Waals surface area contributed by atoms with E-state index in [1.807, 2.05) is 42.5 Å². The first-order valence-corrected chi connectivity index (χ1v) is 13.8. The van der Waals surface area contributed by atoms with Gasteiger partial charge in [-0.2, -0.15) is 0 Å². The van der Waals surface area contributed by atoms with Crippen molar-refractivity contribution >= 4 is 22.7 Å². The van der Waals surface area contributed by atoms with Gasteiger partial charge in [0.05, 0.1) is 5.52 Å². The van der Waals surface area contributed by atoms with Gasteiger partial charge in [-0.3, -0.25) is 9.69 Å². The molecule has 0 amide bonds. The summed E-state index contributed by atoms with van der Waals surface area (Å²) in [6.07, 6.45) is 2.45. The molecule has 0 spiro atoms. The number of aromatic nitrogens is 1. The Morgan fingerprint density at radius 2 is 1.45 bits per heavy atom. The highest BCUT2D eigenvalue weighted by Gasteiger charge is 2.48. The summed E-state index contributed by atoms with van der Waals surface area (Å²) in [5.74, 6) is 0.303. The first kappa shape index (κ1) is 24.6. The highest BCUT2D eigenvalue weighted by molar-refractivity contribution is 5.97. The lowest BCUT2D eigenvalue weighted by atomic mass is 9.74. The third kappa shape index (κ3) is 4.06. The minimum absolute atomic E-state index is 0.397. The second kappa shape index (κ2) is 9.88. The normalized spacial score (nSPS) is 20.3. The molecular formula is C33H35N3O2. The molecule has 2 atom stereocenters. The number of carbonyl (C=O) groups is 1. The topological polar surface area (TPSA) is 56.7 Å². The molecule has 0 radical (unpaired) electrons. The fourth-order valence-electron chi connectivity index (χ4n) is 6.83. The van der Waals surface area contributed by atoms with Crippen molar-refractivity contribution in [2.75, 3.05) is 24.5 Å². The summed E-state index contributed by atoms with van der Waals surface area (Å²) in [6.45, 7) is 7.45. The number of carboxylic acids is 1. The molecule has 6 rings (SSSR count). The zero-order chi connectivity index (χ0) is 26.3. The fourth-order valence-corrected chi connectivity index (χ4v) is 6.83. The summed E-state index contributed by atoms with van der Waals surface area (Å²) in [5.41, 5.74) is 4.07. The molecule has 0 saturated carbocycles. The number of para-hydroxylation sites is 1. The van der Waals surface area contributed by atoms with Crippen molar-refractivity contribution in [1.82, 2.24) is 9.88 Å². The van der Waals surface area contributed by atoms with Crippen LogP contribution >= 0.6 is 0 Å². The number of aliphatic carboxylic acids is 1. The number of nitrogens with zero attached hydrogens (tertiary/aromatic N) is 3. The molecule has 2 aliphatic rings. The third-order valence-electron chi connectivity index (χ3n) is 8.66. The zero-order valence-corrected chi connectivity index (χ0v) is 22.2. The Balaban J connectivity index is 1.13. The van der Waals surface area contributed by atoms with Crippen LogP contribution in [0.25, 0.3) is 22.0 Å². The van der Waals surface area contributed by atoms with E-state index in [1.165, 1.54) is 5.39 Å². The van der Waals surface area contributed by atoms with Crippen LogP contribution in [0.2, 0.25) is 0 Å². The standard InChI is InChI=1S/C33H35N3O2/c1-23-21-35(31-18-17-25-11-3-8-16-30(25)34-31)22-24(2)36(23)20-10-9-19-33(32(37)38)28-14-6-4-12-26(28)27-13-5-7-15-29(27)33/h3-8,11-18,23-24H,9-10,19-22H2,1-2H3,(H,37,38)/t23-,24+. The number of piperazine rings is 1. The number of pyridine rings is 1. The molecule has 0 unspecified atom stereocenters. The van der Waals surface area contributed by atoms with Crippen molar-refractivity contribution in [3.8, 4) is 11.1 Å². The SMILES string of the molecule is C[C@@H]1CN(c2ccc3ccccc3n2)C[C@H](C)N1CCCCC1(C(=O)O)c2ccccc2-c2ccccc21. The number of unbranched alkanes of at least 4 members (excludes halogenated alkanes) is 1. The molecule has 1 aromatic heterocycles. The van der Waals surface area contributed by atoms with E-state index in [0.29, 0.717) is 18.5 Å². The van der Waals surface area contributed by atoms with Crippen LogP contribution in [0.15, 0.2) is 84.9 Å². The van der Waals surface area contributed by atoms with Crippen LogP contribution in [0.4, 0.5) is 5.82 Å². The summed E-state index contributed by atoms with van der Waals surface area (Å²) in [4.78, 5) is 22.8. The lowest BCUT2D eigenvalue weighted by molar-refractivity contribution is -0.142. The van der Waals surface area contributed by atoms with Gasteiger partial charge in [-0.25, -0.2) is 4.98 Å². The van der Waals surface area contributed by atoms with Gasteiger partial charge in [-0.1, -0.05) is 73.2 Å². The Morgan fingerprint density at radius 1 is 0.842 bits per heavy atom. The second-order valence-corrected chi connectivity index (χ2v) is 11.0. The summed E-state index contributed by atoms with van der Waals surface area (Å²) < 4.78 is 0. The van der Waals surface area contributed by atoms with Crippen LogP contribution in [-0.4, -0.2) is 52.7 Å². The molecule has 1 N–H and O–H groups in total. The molecule has 1 fully saturated rings. The van der Waals surface area contributed by atoms with Crippen LogP contribution in [-0.2, 0) is 10.2 Å². The molecule has 5 heteroatoms. The van der Waals surface area contributed by atoms with Gasteiger partial charge in [-0.15, -0.1) is 0 Å². The van der Waals surface area contributed by atoms with Crippen molar-refractivity contribution in [1.29, 1.82) is 0 Å². The van der Waals surface area contributed by atoms with Crippen molar-refractivity contribution in [2.24, 2.45) is 0 Å². The first-order valence-electron chi connectivity index (χ1n) is 13.8. The van der Waals surface area contributed by atoms with Gasteiger partial charge in [0.25, 0.3) is 0 Å². The number of carboxylic acid groups (broad SMARTS) is 1. The number of fused-ring (bicyclic) bond motifs is 4. The maximum absolute atomic E-state index is 12.9. The fraction of sp³-hybridized carbons (Fsp3) is 0.333. The van der Waals surface area contributed by atoms with Crippen LogP contribution in [0.3, 0.4) is 0 Å². The van der Waals surface area contributed by atoms with E-state index < -0.39 is 11.4 Å². The number of hydrogen-bond acceptors (Lipinski definition) is 4. The lowest BCUT2D eigenvalue weighted by Crippen LogP contribution is -2.57. The molecule has 1 aliphatic carbocycles. The summed E-state index contributed by atoms with van der Waals surface area (Å²) in [5, 5.41) is 11.7. The molecule has 194 valence electrons. The molecule has 38 heavy (non-hydrogen) atoms. The molecule has 1 saturated heterocycles. The van der Waals surface area contributed by atoms with Crippen molar-refractivity contribution in [3.63, 3.8) is 0 Å². The van der Waals surface area contributed by atoms with Crippen molar-refractivity contribution in [2.45, 2.75) is 50.6 Å². The molecule has 3 aromatic carbocycles. The van der Waals surface area contributed by atoms with Crippen molar-refractivity contribution in [3.05, 3.63) is 96.1 Å². The first-order chi connectivity index (χ1) is 18.5. The third-order valence-corrected chi connectivity index (χ3v) is 8.66. The van der Waals surface area contributed by atoms with Crippen LogP contribution < -0.4 is 4.90 Å². The molecule has 5 nitrogen and oxygen atoms in total. The largest absolute Gasteiger partial charge is 0.480 e. The predicted molar refractivity (Wildman–Crippen MR) is 154 cm³/mol. The Kier molecular flexibility index (Phi) is 6.40. The van der Waals surface area contributed by atoms with Gasteiger partial charge in [0, 0.05) is 30.6 Å².